The van der Waals surface area contributed by atoms with E-state index in [0.29, 0.717) is 17.3 Å². The summed E-state index contributed by atoms with van der Waals surface area (Å²) in [5.74, 6) is -0.813. The van der Waals surface area contributed by atoms with Gasteiger partial charge in [0.1, 0.15) is 0 Å². The molecular formula is C19H21ClN2O5S. The molecule has 2 aromatic carbocycles. The summed E-state index contributed by atoms with van der Waals surface area (Å²) in [5.41, 5.74) is 1.24. The maximum Gasteiger partial charge on any atom is 0.310 e. The van der Waals surface area contributed by atoms with Gasteiger partial charge in [0.25, 0.3) is 0 Å². The number of sulfonamides is 1. The van der Waals surface area contributed by atoms with Crippen molar-refractivity contribution in [1.82, 2.24) is 4.31 Å². The van der Waals surface area contributed by atoms with Crippen molar-refractivity contribution in [2.75, 3.05) is 25.5 Å². The smallest absolute Gasteiger partial charge is 0.310 e. The molecule has 0 unspecified atom stereocenters. The van der Waals surface area contributed by atoms with Crippen LogP contribution in [0.3, 0.4) is 0 Å². The fourth-order valence-corrected chi connectivity index (χ4v) is 3.61. The van der Waals surface area contributed by atoms with Crippen LogP contribution in [0.25, 0.3) is 0 Å². The summed E-state index contributed by atoms with van der Waals surface area (Å²) in [7, 11) is -2.48. The molecule has 2 aromatic rings. The number of carbonyl (C=O) groups excluding carboxylic acids is 2. The van der Waals surface area contributed by atoms with Crippen LogP contribution in [0, 0.1) is 0 Å². The second kappa shape index (κ2) is 9.68. The van der Waals surface area contributed by atoms with Crippen LogP contribution >= 0.6 is 11.6 Å². The van der Waals surface area contributed by atoms with Crippen molar-refractivity contribution in [2.24, 2.45) is 0 Å². The largest absolute Gasteiger partial charge is 0.466 e. The first-order chi connectivity index (χ1) is 13.2. The molecule has 0 aliphatic rings. The second-order valence-corrected chi connectivity index (χ2v) is 8.42. The lowest BCUT2D eigenvalue weighted by molar-refractivity contribution is -0.142. The summed E-state index contributed by atoms with van der Waals surface area (Å²) in [6.45, 7) is 1.70. The lowest BCUT2D eigenvalue weighted by Crippen LogP contribution is -2.34. The number of amides is 1. The van der Waals surface area contributed by atoms with E-state index >= 15 is 0 Å². The molecule has 1 amide bonds. The minimum atomic E-state index is -3.81. The monoisotopic (exact) mass is 424 g/mol. The molecule has 7 nitrogen and oxygen atoms in total. The number of carbonyl (C=O) groups is 2. The Balaban J connectivity index is 1.95. The van der Waals surface area contributed by atoms with Gasteiger partial charge >= 0.3 is 5.97 Å². The zero-order valence-corrected chi connectivity index (χ0v) is 17.1. The predicted octanol–water partition coefficient (Wildman–Crippen LogP) is 2.70. The molecule has 0 saturated carbocycles. The highest BCUT2D eigenvalue weighted by Crippen LogP contribution is 2.17. The van der Waals surface area contributed by atoms with Crippen LogP contribution in [0.1, 0.15) is 12.5 Å². The van der Waals surface area contributed by atoms with Gasteiger partial charge in [-0.15, -0.1) is 0 Å². The first-order valence-electron chi connectivity index (χ1n) is 8.48. The molecule has 0 bridgehead atoms. The quantitative estimate of drug-likeness (QED) is 0.657. The van der Waals surface area contributed by atoms with E-state index in [9.17, 15) is 18.0 Å². The molecule has 0 atom stereocenters. The maximum atomic E-state index is 12.5. The first kappa shape index (κ1) is 21.9. The van der Waals surface area contributed by atoms with Crippen LogP contribution in [0.2, 0.25) is 5.02 Å². The van der Waals surface area contributed by atoms with E-state index in [-0.39, 0.29) is 23.8 Å². The van der Waals surface area contributed by atoms with E-state index in [1.165, 1.54) is 31.3 Å². The number of nitrogens with one attached hydrogen (secondary N) is 1. The number of halogens is 1. The topological polar surface area (TPSA) is 92.8 Å². The molecule has 28 heavy (non-hydrogen) atoms. The van der Waals surface area contributed by atoms with Gasteiger partial charge in [0.05, 0.1) is 24.5 Å². The fraction of sp³-hybridized carbons (Fsp3) is 0.263. The van der Waals surface area contributed by atoms with Gasteiger partial charge in [0.2, 0.25) is 15.9 Å². The van der Waals surface area contributed by atoms with E-state index in [1.54, 1.807) is 31.2 Å². The molecule has 0 heterocycles. The van der Waals surface area contributed by atoms with Crippen LogP contribution in [0.5, 0.6) is 0 Å². The Kier molecular flexibility index (Phi) is 7.56. The molecule has 0 spiro atoms. The van der Waals surface area contributed by atoms with Crippen molar-refractivity contribution in [3.63, 3.8) is 0 Å². The maximum absolute atomic E-state index is 12.5. The van der Waals surface area contributed by atoms with Gasteiger partial charge in [-0.1, -0.05) is 23.7 Å². The third-order valence-corrected chi connectivity index (χ3v) is 5.85. The summed E-state index contributed by atoms with van der Waals surface area (Å²) >= 11 is 5.77. The van der Waals surface area contributed by atoms with Gasteiger partial charge in [-0.25, -0.2) is 8.42 Å². The van der Waals surface area contributed by atoms with Crippen molar-refractivity contribution >= 4 is 39.2 Å². The number of likely N-dealkylation sites (N-methyl/N-ethyl adjacent to an activating group) is 1. The predicted molar refractivity (Wildman–Crippen MR) is 107 cm³/mol. The Morgan fingerprint density at radius 1 is 1.07 bits per heavy atom. The average molecular weight is 425 g/mol. The van der Waals surface area contributed by atoms with E-state index in [0.717, 1.165) is 9.87 Å². The van der Waals surface area contributed by atoms with Gasteiger partial charge in [-0.05, 0) is 48.9 Å². The molecule has 1 N–H and O–H groups in total. The number of hydrogen-bond acceptors (Lipinski definition) is 5. The van der Waals surface area contributed by atoms with E-state index in [1.807, 2.05) is 0 Å². The third kappa shape index (κ3) is 6.05. The van der Waals surface area contributed by atoms with Gasteiger partial charge in [0, 0.05) is 17.8 Å². The zero-order valence-electron chi connectivity index (χ0n) is 15.5. The number of hydrogen-bond donors (Lipinski definition) is 1. The third-order valence-electron chi connectivity index (χ3n) is 3.78. The zero-order chi connectivity index (χ0) is 20.7. The van der Waals surface area contributed by atoms with Crippen molar-refractivity contribution in [2.45, 2.75) is 18.2 Å². The van der Waals surface area contributed by atoms with E-state index in [2.05, 4.69) is 5.32 Å². The summed E-state index contributed by atoms with van der Waals surface area (Å²) in [6.07, 6.45) is 0.143. The molecule has 150 valence electrons. The summed E-state index contributed by atoms with van der Waals surface area (Å²) in [4.78, 5) is 23.7. The lowest BCUT2D eigenvalue weighted by Gasteiger charge is -2.17. The van der Waals surface area contributed by atoms with Crippen LogP contribution in [-0.2, 0) is 30.8 Å². The Morgan fingerprint density at radius 3 is 2.25 bits per heavy atom. The first-order valence-corrected chi connectivity index (χ1v) is 10.3. The number of ether oxygens (including phenoxy) is 1. The second-order valence-electron chi connectivity index (χ2n) is 5.94. The van der Waals surface area contributed by atoms with Gasteiger partial charge < -0.3 is 10.1 Å². The SMILES string of the molecule is CCOC(=O)Cc1ccc(NC(=O)CN(C)S(=O)(=O)c2ccc(Cl)cc2)cc1. The average Bonchev–Trinajstić information content (AvgIpc) is 2.63. The number of rotatable bonds is 8. The van der Waals surface area contributed by atoms with E-state index < -0.39 is 15.9 Å². The van der Waals surface area contributed by atoms with Gasteiger partial charge in [-0.3, -0.25) is 9.59 Å². The Morgan fingerprint density at radius 2 is 1.68 bits per heavy atom. The van der Waals surface area contributed by atoms with Gasteiger partial charge in [0.15, 0.2) is 0 Å². The molecule has 0 fully saturated rings. The van der Waals surface area contributed by atoms with E-state index in [4.69, 9.17) is 16.3 Å². The van der Waals surface area contributed by atoms with Crippen molar-refractivity contribution in [3.05, 3.63) is 59.1 Å². The van der Waals surface area contributed by atoms with Crippen LogP contribution in [-0.4, -0.2) is 44.8 Å². The van der Waals surface area contributed by atoms with Crippen LogP contribution in [0.4, 0.5) is 5.69 Å². The molecule has 0 saturated heterocycles. The highest BCUT2D eigenvalue weighted by Gasteiger charge is 2.22. The standard InChI is InChI=1S/C19H21ClN2O5S/c1-3-27-19(24)12-14-4-8-16(9-5-14)21-18(23)13-22(2)28(25,26)17-10-6-15(20)7-11-17/h4-11H,3,12-13H2,1-2H3,(H,21,23). The highest BCUT2D eigenvalue weighted by atomic mass is 35.5. The highest BCUT2D eigenvalue weighted by molar-refractivity contribution is 7.89. The number of nitrogens with zero attached hydrogens (tertiary/aromatic N) is 1. The number of esters is 1. The molecule has 0 radical (unpaired) electrons. The molecule has 9 heteroatoms. The Hall–Kier alpha value is -2.42. The summed E-state index contributed by atoms with van der Waals surface area (Å²) < 4.78 is 30.8. The lowest BCUT2D eigenvalue weighted by atomic mass is 10.1. The normalized spacial score (nSPS) is 11.3. The molecule has 0 aromatic heterocycles. The number of anilines is 1. The fourth-order valence-electron chi connectivity index (χ4n) is 2.36. The van der Waals surface area contributed by atoms with Crippen LogP contribution < -0.4 is 5.32 Å². The minimum absolute atomic E-state index is 0.0514. The molecule has 0 aliphatic heterocycles. The van der Waals surface area contributed by atoms with Gasteiger partial charge in [-0.2, -0.15) is 4.31 Å². The van der Waals surface area contributed by atoms with Crippen LogP contribution in [0.15, 0.2) is 53.4 Å². The number of benzene rings is 2. The van der Waals surface area contributed by atoms with Crippen molar-refractivity contribution in [3.8, 4) is 0 Å². The minimum Gasteiger partial charge on any atom is -0.466 e. The molecule has 2 rings (SSSR count). The Bertz CT molecular complexity index is 928. The molecular weight excluding hydrogens is 404 g/mol. The van der Waals surface area contributed by atoms with Crippen molar-refractivity contribution in [1.29, 1.82) is 0 Å². The van der Waals surface area contributed by atoms with Crippen molar-refractivity contribution < 1.29 is 22.7 Å². The summed E-state index contributed by atoms with van der Waals surface area (Å²) in [5, 5.41) is 3.05. The summed E-state index contributed by atoms with van der Waals surface area (Å²) in [6, 6.07) is 12.4. The molecule has 0 aliphatic carbocycles. The Labute approximate surface area is 169 Å².